The highest BCUT2D eigenvalue weighted by Crippen LogP contribution is 2.28. The average Bonchev–Trinajstić information content (AvgIpc) is 3.12. The van der Waals surface area contributed by atoms with Gasteiger partial charge in [0.05, 0.1) is 31.3 Å². The summed E-state index contributed by atoms with van der Waals surface area (Å²) in [6, 6.07) is 2.60. The van der Waals surface area contributed by atoms with Crippen LogP contribution >= 0.6 is 0 Å². The maximum atomic E-state index is 12.7. The van der Waals surface area contributed by atoms with Gasteiger partial charge in [0.15, 0.2) is 0 Å². The van der Waals surface area contributed by atoms with Crippen molar-refractivity contribution < 1.29 is 9.53 Å². The Morgan fingerprint density at radius 1 is 1.39 bits per heavy atom. The van der Waals surface area contributed by atoms with Gasteiger partial charge < -0.3 is 15.0 Å². The van der Waals surface area contributed by atoms with Crippen LogP contribution in [0.3, 0.4) is 0 Å². The minimum absolute atomic E-state index is 0.182. The summed E-state index contributed by atoms with van der Waals surface area (Å²) in [6.07, 6.45) is 8.59. The van der Waals surface area contributed by atoms with E-state index in [0.717, 1.165) is 19.4 Å². The van der Waals surface area contributed by atoms with Crippen LogP contribution in [0.2, 0.25) is 0 Å². The molecule has 1 aromatic heterocycles. The van der Waals surface area contributed by atoms with Crippen LogP contribution in [0.25, 0.3) is 0 Å². The van der Waals surface area contributed by atoms with Gasteiger partial charge in [-0.2, -0.15) is 5.10 Å². The van der Waals surface area contributed by atoms with Crippen LogP contribution < -0.4 is 5.32 Å². The summed E-state index contributed by atoms with van der Waals surface area (Å²) in [6.45, 7) is 6.00. The number of carbonyl (C=O) groups excluding carboxylic acids is 1. The molecule has 1 N–H and O–H groups in total. The lowest BCUT2D eigenvalue weighted by atomic mass is 9.90. The molecule has 6 heteroatoms. The standard InChI is InChI=1S/C17H28N4O2/c1-13(14(2)21-9-5-8-19-21)18-12-17(22)20-10-11-23-16-7-4-3-6-15(16)20/h5,8-9,13-16,18H,3-4,6-7,10-12H2,1-2H3/t13-,14+,15-,16+/m0/s1. The van der Waals surface area contributed by atoms with E-state index in [9.17, 15) is 4.79 Å². The number of nitrogens with one attached hydrogen (secondary N) is 1. The van der Waals surface area contributed by atoms with Gasteiger partial charge in [0.2, 0.25) is 5.91 Å². The Morgan fingerprint density at radius 2 is 2.22 bits per heavy atom. The van der Waals surface area contributed by atoms with Crippen molar-refractivity contribution >= 4 is 5.91 Å². The molecular formula is C17H28N4O2. The van der Waals surface area contributed by atoms with E-state index in [2.05, 4.69) is 24.3 Å². The Balaban J connectivity index is 1.52. The van der Waals surface area contributed by atoms with Crippen molar-refractivity contribution in [2.24, 2.45) is 0 Å². The van der Waals surface area contributed by atoms with Crippen LogP contribution in [0.1, 0.15) is 45.6 Å². The number of hydrogen-bond donors (Lipinski definition) is 1. The summed E-state index contributed by atoms with van der Waals surface area (Å²) in [4.78, 5) is 14.7. The lowest BCUT2D eigenvalue weighted by Gasteiger charge is -2.44. The van der Waals surface area contributed by atoms with Gasteiger partial charge in [0.1, 0.15) is 0 Å². The number of nitrogens with zero attached hydrogens (tertiary/aromatic N) is 3. The van der Waals surface area contributed by atoms with Gasteiger partial charge in [-0.05, 0) is 32.8 Å². The van der Waals surface area contributed by atoms with Gasteiger partial charge in [-0.3, -0.25) is 9.48 Å². The van der Waals surface area contributed by atoms with Crippen molar-refractivity contribution in [1.29, 1.82) is 0 Å². The minimum Gasteiger partial charge on any atom is -0.374 e. The third-order valence-electron chi connectivity index (χ3n) is 5.29. The summed E-state index contributed by atoms with van der Waals surface area (Å²) >= 11 is 0. The molecule has 0 radical (unpaired) electrons. The molecule has 2 heterocycles. The molecule has 0 unspecified atom stereocenters. The van der Waals surface area contributed by atoms with Gasteiger partial charge >= 0.3 is 0 Å². The monoisotopic (exact) mass is 320 g/mol. The van der Waals surface area contributed by atoms with Crippen LogP contribution in [0.5, 0.6) is 0 Å². The molecule has 1 aliphatic heterocycles. The van der Waals surface area contributed by atoms with Crippen LogP contribution in [-0.2, 0) is 9.53 Å². The molecule has 0 bridgehead atoms. The molecule has 0 aromatic carbocycles. The first-order valence-electron chi connectivity index (χ1n) is 8.80. The zero-order valence-corrected chi connectivity index (χ0v) is 14.1. The highest BCUT2D eigenvalue weighted by molar-refractivity contribution is 5.78. The molecule has 2 aliphatic rings. The second kappa shape index (κ2) is 7.45. The summed E-state index contributed by atoms with van der Waals surface area (Å²) in [5.41, 5.74) is 0. The van der Waals surface area contributed by atoms with E-state index in [4.69, 9.17) is 4.74 Å². The Morgan fingerprint density at radius 3 is 3.00 bits per heavy atom. The maximum absolute atomic E-state index is 12.7. The van der Waals surface area contributed by atoms with Crippen LogP contribution in [-0.4, -0.2) is 58.5 Å². The maximum Gasteiger partial charge on any atom is 0.236 e. The molecule has 1 aromatic rings. The van der Waals surface area contributed by atoms with Crippen molar-refractivity contribution in [1.82, 2.24) is 20.0 Å². The number of aromatic nitrogens is 2. The second-order valence-electron chi connectivity index (χ2n) is 6.74. The smallest absolute Gasteiger partial charge is 0.236 e. The second-order valence-corrected chi connectivity index (χ2v) is 6.74. The number of hydrogen-bond acceptors (Lipinski definition) is 4. The highest BCUT2D eigenvalue weighted by Gasteiger charge is 2.36. The third kappa shape index (κ3) is 3.75. The molecule has 128 valence electrons. The highest BCUT2D eigenvalue weighted by atomic mass is 16.5. The topological polar surface area (TPSA) is 59.4 Å². The molecule has 1 amide bonds. The van der Waals surface area contributed by atoms with Crippen molar-refractivity contribution in [3.63, 3.8) is 0 Å². The van der Waals surface area contributed by atoms with E-state index in [-0.39, 0.29) is 30.1 Å². The van der Waals surface area contributed by atoms with E-state index in [1.54, 1.807) is 6.20 Å². The van der Waals surface area contributed by atoms with E-state index < -0.39 is 0 Å². The first-order chi connectivity index (χ1) is 11.2. The summed E-state index contributed by atoms with van der Waals surface area (Å²) < 4.78 is 7.77. The number of carbonyl (C=O) groups is 1. The number of morpholine rings is 1. The minimum atomic E-state index is 0.182. The lowest BCUT2D eigenvalue weighted by Crippen LogP contribution is -2.57. The number of ether oxygens (including phenoxy) is 1. The molecule has 2 fully saturated rings. The molecular weight excluding hydrogens is 292 g/mol. The first kappa shape index (κ1) is 16.5. The zero-order valence-electron chi connectivity index (χ0n) is 14.1. The zero-order chi connectivity index (χ0) is 16.2. The third-order valence-corrected chi connectivity index (χ3v) is 5.29. The van der Waals surface area contributed by atoms with Crippen LogP contribution in [0.15, 0.2) is 18.5 Å². The Labute approximate surface area is 138 Å². The van der Waals surface area contributed by atoms with Gasteiger partial charge in [-0.1, -0.05) is 12.8 Å². The van der Waals surface area contributed by atoms with Gasteiger partial charge in [0.25, 0.3) is 0 Å². The summed E-state index contributed by atoms with van der Waals surface area (Å²) in [5.74, 6) is 0.199. The largest absolute Gasteiger partial charge is 0.374 e. The molecule has 0 spiro atoms. The predicted octanol–water partition coefficient (Wildman–Crippen LogP) is 1.59. The SMILES string of the molecule is C[C@H](NCC(=O)N1CCO[C@@H]2CCCC[C@@H]21)[C@@H](C)n1cccn1. The van der Waals surface area contributed by atoms with E-state index in [1.165, 1.54) is 12.8 Å². The summed E-state index contributed by atoms with van der Waals surface area (Å²) in [7, 11) is 0. The molecule has 6 nitrogen and oxygen atoms in total. The van der Waals surface area contributed by atoms with Crippen molar-refractivity contribution in [2.45, 2.75) is 63.8 Å². The van der Waals surface area contributed by atoms with Gasteiger partial charge in [0, 0.05) is 25.0 Å². The normalized spacial score (nSPS) is 27.3. The molecule has 1 saturated carbocycles. The number of amides is 1. The summed E-state index contributed by atoms with van der Waals surface area (Å²) in [5, 5.41) is 7.64. The fourth-order valence-corrected chi connectivity index (χ4v) is 3.68. The molecule has 3 rings (SSSR count). The number of rotatable bonds is 5. The molecule has 4 atom stereocenters. The number of fused-ring (bicyclic) bond motifs is 1. The van der Waals surface area contributed by atoms with E-state index in [1.807, 2.05) is 21.8 Å². The van der Waals surface area contributed by atoms with Crippen molar-refractivity contribution in [3.8, 4) is 0 Å². The average molecular weight is 320 g/mol. The fraction of sp³-hybridized carbons (Fsp3) is 0.765. The van der Waals surface area contributed by atoms with Crippen molar-refractivity contribution in [2.75, 3.05) is 19.7 Å². The molecule has 23 heavy (non-hydrogen) atoms. The van der Waals surface area contributed by atoms with Gasteiger partial charge in [-0.25, -0.2) is 0 Å². The van der Waals surface area contributed by atoms with E-state index >= 15 is 0 Å². The first-order valence-corrected chi connectivity index (χ1v) is 8.80. The predicted molar refractivity (Wildman–Crippen MR) is 88.1 cm³/mol. The molecule has 1 aliphatic carbocycles. The van der Waals surface area contributed by atoms with E-state index in [0.29, 0.717) is 13.2 Å². The Hall–Kier alpha value is -1.40. The van der Waals surface area contributed by atoms with Crippen LogP contribution in [0.4, 0.5) is 0 Å². The van der Waals surface area contributed by atoms with Gasteiger partial charge in [-0.15, -0.1) is 0 Å². The molecule has 1 saturated heterocycles. The Bertz CT molecular complexity index is 503. The van der Waals surface area contributed by atoms with Crippen molar-refractivity contribution in [3.05, 3.63) is 18.5 Å². The Kier molecular flexibility index (Phi) is 5.33. The van der Waals surface area contributed by atoms with Crippen LogP contribution in [0, 0.1) is 0 Å². The quantitative estimate of drug-likeness (QED) is 0.895. The fourth-order valence-electron chi connectivity index (χ4n) is 3.68. The lowest BCUT2D eigenvalue weighted by molar-refractivity contribution is -0.148.